The van der Waals surface area contributed by atoms with E-state index < -0.39 is 4.07 Å². The molecule has 1 aromatic carbocycles. The molecule has 16 heavy (non-hydrogen) atoms. The number of non-ortho nitro benzene ring substituents is 1. The van der Waals surface area contributed by atoms with Gasteiger partial charge in [-0.05, 0) is 12.1 Å². The summed E-state index contributed by atoms with van der Waals surface area (Å²) in [5, 5.41) is 10.5. The maximum absolute atomic E-state index is 10.5. The standard InChI is InChI=1S/C8H9NO2PS4/c10-9(11)7-1-3-8(4-2-7)16-12(13)14-5-6-15-12/h1-4,13H,5-6H2/q+1. The Kier molecular flexibility index (Phi) is 4.35. The maximum atomic E-state index is 10.5. The first-order valence-corrected chi connectivity index (χ1v) is 12.0. The Morgan fingerprint density at radius 2 is 1.88 bits per heavy atom. The number of nitro benzene ring substituents is 1. The van der Waals surface area contributed by atoms with E-state index in [-0.39, 0.29) is 10.6 Å². The van der Waals surface area contributed by atoms with Crippen molar-refractivity contribution in [3.05, 3.63) is 34.4 Å². The summed E-state index contributed by atoms with van der Waals surface area (Å²) in [4.78, 5) is 11.2. The minimum atomic E-state index is -1.31. The molecule has 8 heteroatoms. The zero-order valence-electron chi connectivity index (χ0n) is 8.11. The van der Waals surface area contributed by atoms with E-state index in [1.807, 2.05) is 22.8 Å². The van der Waals surface area contributed by atoms with Crippen LogP contribution in [0.4, 0.5) is 5.69 Å². The van der Waals surface area contributed by atoms with Gasteiger partial charge in [-0.1, -0.05) is 0 Å². The van der Waals surface area contributed by atoms with Crippen LogP contribution in [0.25, 0.3) is 0 Å². The van der Waals surface area contributed by atoms with Gasteiger partial charge < -0.3 is 0 Å². The van der Waals surface area contributed by atoms with Crippen LogP contribution < -0.4 is 0 Å². The van der Waals surface area contributed by atoms with E-state index in [0.29, 0.717) is 0 Å². The van der Waals surface area contributed by atoms with Crippen LogP contribution in [0.1, 0.15) is 0 Å². The third-order valence-electron chi connectivity index (χ3n) is 1.86. The van der Waals surface area contributed by atoms with E-state index in [2.05, 4.69) is 0 Å². The summed E-state index contributed by atoms with van der Waals surface area (Å²) in [6.45, 7) is 0. The highest BCUT2D eigenvalue weighted by Crippen LogP contribution is 2.94. The summed E-state index contributed by atoms with van der Waals surface area (Å²) in [5.41, 5.74) is 0.141. The highest BCUT2D eigenvalue weighted by molar-refractivity contribution is 9.36. The van der Waals surface area contributed by atoms with Crippen molar-refractivity contribution in [3.63, 3.8) is 0 Å². The van der Waals surface area contributed by atoms with Gasteiger partial charge in [-0.3, -0.25) is 10.1 Å². The first-order chi connectivity index (χ1) is 7.59. The molecule has 2 rings (SSSR count). The van der Waals surface area contributed by atoms with Crippen molar-refractivity contribution < 1.29 is 4.92 Å². The molecule has 1 saturated heterocycles. The van der Waals surface area contributed by atoms with Crippen LogP contribution in [0.3, 0.4) is 0 Å². The van der Waals surface area contributed by atoms with Crippen LogP contribution in [0.2, 0.25) is 0 Å². The fourth-order valence-electron chi connectivity index (χ4n) is 1.16. The smallest absolute Gasteiger partial charge is 0.258 e. The number of benzene rings is 1. The molecule has 1 aliphatic rings. The summed E-state index contributed by atoms with van der Waals surface area (Å²) in [5.74, 6) is 2.31. The van der Waals surface area contributed by atoms with E-state index in [1.54, 1.807) is 35.6 Å². The van der Waals surface area contributed by atoms with Gasteiger partial charge in [-0.25, -0.2) is 0 Å². The van der Waals surface area contributed by atoms with E-state index in [1.165, 1.54) is 0 Å². The number of thiol groups is 1. The minimum Gasteiger partial charge on any atom is -0.258 e. The molecule has 0 N–H and O–H groups in total. The molecule has 0 unspecified atom stereocenters. The van der Waals surface area contributed by atoms with Gasteiger partial charge in [0.15, 0.2) is 0 Å². The van der Waals surface area contributed by atoms with Gasteiger partial charge in [-0.2, -0.15) is 0 Å². The first-order valence-electron chi connectivity index (χ1n) is 4.44. The second-order valence-electron chi connectivity index (χ2n) is 2.98. The van der Waals surface area contributed by atoms with Crippen LogP contribution in [0.5, 0.6) is 0 Å². The monoisotopic (exact) mass is 310 g/mol. The largest absolute Gasteiger partial charge is 0.269 e. The van der Waals surface area contributed by atoms with Crippen LogP contribution in [0, 0.1) is 10.1 Å². The van der Waals surface area contributed by atoms with Crippen molar-refractivity contribution in [1.82, 2.24) is 0 Å². The SMILES string of the molecule is O=[N+]([O-])c1ccc(S[P+]2(S)SCCS2)cc1. The zero-order valence-corrected chi connectivity index (χ0v) is 12.3. The van der Waals surface area contributed by atoms with Crippen molar-refractivity contribution in [2.45, 2.75) is 4.90 Å². The lowest BCUT2D eigenvalue weighted by molar-refractivity contribution is -0.384. The Morgan fingerprint density at radius 3 is 2.38 bits per heavy atom. The van der Waals surface area contributed by atoms with E-state index in [0.717, 1.165) is 16.4 Å². The van der Waals surface area contributed by atoms with E-state index in [9.17, 15) is 10.1 Å². The second kappa shape index (κ2) is 5.40. The van der Waals surface area contributed by atoms with Crippen LogP contribution in [-0.4, -0.2) is 16.4 Å². The maximum Gasteiger partial charge on any atom is 0.269 e. The third kappa shape index (κ3) is 3.23. The molecule has 0 radical (unpaired) electrons. The summed E-state index contributed by atoms with van der Waals surface area (Å²) in [7, 11) is 0. The predicted octanol–water partition coefficient (Wildman–Crippen LogP) is 4.77. The summed E-state index contributed by atoms with van der Waals surface area (Å²) in [6.07, 6.45) is 0. The first kappa shape index (κ1) is 12.9. The molecule has 3 nitrogen and oxygen atoms in total. The average molecular weight is 310 g/mol. The van der Waals surface area contributed by atoms with Crippen molar-refractivity contribution >= 4 is 56.2 Å². The zero-order chi connectivity index (χ0) is 11.6. The highest BCUT2D eigenvalue weighted by Gasteiger charge is 2.44. The molecule has 1 heterocycles. The lowest BCUT2D eigenvalue weighted by Crippen LogP contribution is -1.86. The molecule has 1 fully saturated rings. The number of hydrogen-bond donors (Lipinski definition) is 1. The Morgan fingerprint density at radius 1 is 1.31 bits per heavy atom. The van der Waals surface area contributed by atoms with Gasteiger partial charge in [0.25, 0.3) is 9.76 Å². The molecule has 86 valence electrons. The average Bonchev–Trinajstić information content (AvgIpc) is 2.65. The van der Waals surface area contributed by atoms with Crippen molar-refractivity contribution in [1.29, 1.82) is 0 Å². The van der Waals surface area contributed by atoms with Gasteiger partial charge >= 0.3 is 0 Å². The number of hydrogen-bond acceptors (Lipinski definition) is 6. The number of rotatable bonds is 3. The quantitative estimate of drug-likeness (QED) is 0.377. The topological polar surface area (TPSA) is 43.1 Å². The van der Waals surface area contributed by atoms with Gasteiger partial charge in [0.05, 0.1) is 44.0 Å². The Hall–Kier alpha value is 0.450. The normalized spacial score (nSPS) is 18.6. The van der Waals surface area contributed by atoms with Crippen molar-refractivity contribution in [3.8, 4) is 0 Å². The number of nitrogens with zero attached hydrogens (tertiary/aromatic N) is 1. The van der Waals surface area contributed by atoms with Crippen molar-refractivity contribution in [2.24, 2.45) is 0 Å². The van der Waals surface area contributed by atoms with Gasteiger partial charge in [0, 0.05) is 35.9 Å². The molecular weight excluding hydrogens is 301 g/mol. The Labute approximate surface area is 111 Å². The summed E-state index contributed by atoms with van der Waals surface area (Å²) in [6, 6.07) is 6.71. The molecule has 0 saturated carbocycles. The molecule has 0 aromatic heterocycles. The van der Waals surface area contributed by atoms with E-state index >= 15 is 0 Å². The fraction of sp³-hybridized carbons (Fsp3) is 0.250. The van der Waals surface area contributed by atoms with Crippen molar-refractivity contribution in [2.75, 3.05) is 11.5 Å². The fourth-order valence-corrected chi connectivity index (χ4v) is 15.5. The molecule has 0 atom stereocenters. The van der Waals surface area contributed by atoms with E-state index in [4.69, 9.17) is 12.2 Å². The van der Waals surface area contributed by atoms with Crippen LogP contribution in [-0.2, 0) is 0 Å². The van der Waals surface area contributed by atoms with Crippen LogP contribution in [0.15, 0.2) is 29.2 Å². The van der Waals surface area contributed by atoms with Crippen LogP contribution >= 0.6 is 50.5 Å². The summed E-state index contributed by atoms with van der Waals surface area (Å²) >= 11 is 10.3. The highest BCUT2D eigenvalue weighted by atomic mass is 33.6. The Bertz CT molecular complexity index is 394. The molecule has 1 aromatic rings. The predicted molar refractivity (Wildman–Crippen MR) is 79.8 cm³/mol. The molecular formula is C8H9NO2PS4+. The third-order valence-corrected chi connectivity index (χ3v) is 16.6. The molecule has 1 aliphatic heterocycles. The lowest BCUT2D eigenvalue weighted by Gasteiger charge is -2.07. The Balaban J connectivity index is 2.07. The molecule has 0 amide bonds. The minimum absolute atomic E-state index is 0.141. The van der Waals surface area contributed by atoms with Gasteiger partial charge in [-0.15, -0.1) is 0 Å². The van der Waals surface area contributed by atoms with Gasteiger partial charge in [0.1, 0.15) is 0 Å². The second-order valence-corrected chi connectivity index (χ2v) is 19.2. The molecule has 0 bridgehead atoms. The lowest BCUT2D eigenvalue weighted by atomic mass is 10.3. The molecule has 0 spiro atoms. The van der Waals surface area contributed by atoms with Gasteiger partial charge in [0.2, 0.25) is 0 Å². The summed E-state index contributed by atoms with van der Waals surface area (Å²) < 4.78 is -1.31. The number of nitro groups is 1. The molecule has 0 aliphatic carbocycles.